The maximum Gasteiger partial charge on any atom is 1.00 e. The van der Waals surface area contributed by atoms with Gasteiger partial charge in [0.2, 0.25) is 0 Å². The van der Waals surface area contributed by atoms with E-state index in [-0.39, 0.29) is 72.8 Å². The standard InChI is InChI=1S/C27H38N2.C23H30N2.C4H8O.C2H6.CH3B.3CO2.2ClH.Na/c1-2-3-19-28-20-10-9-13-25(28)18-21-29(26-14-5-4-6-15-26)27-17-16-23-11-7-8-12-24(23)22-27;1-2-11-22(12-3-1)25(17-15-21-10-6-7-16-24-21)23-14-13-19-8-4-5-9-20(19)18-23;1-2-3-4-5;2*1-2;3*2-1-3;;;/h4-8,11-12,14-15,25,27H,2-3,9-10,13,16-22H2,1H3;1-5,8-9,11-12,21,23-24H,6-7,10,13-18H2;4H,2-3H2,1H3;1-2H3;1H3;;;;2*1H;/q;;;;-1;;;;;;+1. The van der Waals surface area contributed by atoms with Crippen LogP contribution in [-0.4, -0.2) is 94.4 Å². The van der Waals surface area contributed by atoms with Gasteiger partial charge in [-0.2, -0.15) is 28.8 Å². The Morgan fingerprint density at radius 1 is 0.587 bits per heavy atom. The summed E-state index contributed by atoms with van der Waals surface area (Å²) < 4.78 is 0. The van der Waals surface area contributed by atoms with Gasteiger partial charge in [-0.1, -0.05) is 132 Å². The Morgan fingerprint density at radius 3 is 1.41 bits per heavy atom. The molecule has 2 aliphatic carbocycles. The number of piperidine rings is 2. The maximum atomic E-state index is 9.40. The van der Waals surface area contributed by atoms with Gasteiger partial charge in [-0.15, -0.1) is 24.8 Å². The molecule has 2 heterocycles. The summed E-state index contributed by atoms with van der Waals surface area (Å²) in [4.78, 5) is 66.4. The number of aryl methyl sites for hydroxylation is 2. The van der Waals surface area contributed by atoms with E-state index in [2.05, 4.69) is 144 Å². The van der Waals surface area contributed by atoms with E-state index in [1.54, 1.807) is 22.3 Å². The fourth-order valence-electron chi connectivity index (χ4n) is 10.1. The number of hydrogen-bond donors (Lipinski definition) is 1. The first-order chi connectivity index (χ1) is 35.4. The number of halogens is 2. The van der Waals surface area contributed by atoms with Gasteiger partial charge in [0.1, 0.15) is 6.29 Å². The van der Waals surface area contributed by atoms with Crippen molar-refractivity contribution < 1.29 is 63.1 Å². The second kappa shape index (κ2) is 50.7. The van der Waals surface area contributed by atoms with Crippen molar-refractivity contribution in [3.63, 3.8) is 0 Å². The Kier molecular flexibility index (Phi) is 50.7. The third-order valence-electron chi connectivity index (χ3n) is 13.5. The molecule has 8 rings (SSSR count). The number of nitrogens with zero attached hydrogens (tertiary/aromatic N) is 3. The van der Waals surface area contributed by atoms with Crippen LogP contribution in [0, 0.1) is 0 Å². The SMILES string of the molecule is CC.CCCC=O.CCCCN1CCCCC1CCN(c1ccccc1)C1CCc2ccccc2C1.Cl.Cl.O=C=O.O=C=O.O=C=O.[B-]C.[Na+].c1ccc(N(CCC2CCCCN2)C2CCc3ccccc3C2)cc1. The molecule has 2 saturated heterocycles. The Hall–Kier alpha value is -4.15. The van der Waals surface area contributed by atoms with Crippen molar-refractivity contribution >= 4 is 68.8 Å². The number of para-hydroxylation sites is 2. The van der Waals surface area contributed by atoms with Crippen LogP contribution in [0.25, 0.3) is 0 Å². The summed E-state index contributed by atoms with van der Waals surface area (Å²) in [5, 5.41) is 3.72. The molecule has 2 aliphatic heterocycles. The van der Waals surface area contributed by atoms with Gasteiger partial charge in [0.25, 0.3) is 0 Å². The van der Waals surface area contributed by atoms with Crippen molar-refractivity contribution in [1.82, 2.24) is 10.2 Å². The molecule has 0 amide bonds. The third kappa shape index (κ3) is 30.4. The smallest absolute Gasteiger partial charge is 0.631 e. The van der Waals surface area contributed by atoms with Gasteiger partial charge in [-0.3, -0.25) is 6.82 Å². The van der Waals surface area contributed by atoms with Crippen molar-refractivity contribution in [3.05, 3.63) is 131 Å². The Balaban J connectivity index is -0.00000102. The van der Waals surface area contributed by atoms with Crippen LogP contribution in [0.15, 0.2) is 109 Å². The van der Waals surface area contributed by atoms with Crippen molar-refractivity contribution in [2.45, 2.75) is 174 Å². The quantitative estimate of drug-likeness (QED) is 0.0901. The molecular formula is C60H87BCl2N4NaO7. The zero-order valence-corrected chi connectivity index (χ0v) is 49.8. The number of carbonyl (C=O) groups excluding carboxylic acids is 7. The van der Waals surface area contributed by atoms with Crippen molar-refractivity contribution in [3.8, 4) is 0 Å². The first kappa shape index (κ1) is 75.1. The summed E-state index contributed by atoms with van der Waals surface area (Å²) in [6.07, 6.45) is 24.2. The number of benzene rings is 4. The molecule has 75 heavy (non-hydrogen) atoms. The van der Waals surface area contributed by atoms with Crippen LogP contribution in [0.3, 0.4) is 0 Å². The summed E-state index contributed by atoms with van der Waals surface area (Å²) in [6.45, 7) is 16.0. The number of hydrogen-bond acceptors (Lipinski definition) is 11. The second-order valence-corrected chi connectivity index (χ2v) is 17.9. The fraction of sp³-hybridized carbons (Fsp3) is 0.533. The van der Waals surface area contributed by atoms with Crippen LogP contribution < -0.4 is 44.7 Å². The molecular weight excluding hydrogens is 993 g/mol. The average Bonchev–Trinajstić information content (AvgIpc) is 3.44. The molecule has 407 valence electrons. The van der Waals surface area contributed by atoms with Crippen LogP contribution >= 0.6 is 24.8 Å². The summed E-state index contributed by atoms with van der Waals surface area (Å²) in [6, 6.07) is 43.1. The summed E-state index contributed by atoms with van der Waals surface area (Å²) in [7, 11) is 4.50. The molecule has 0 bridgehead atoms. The molecule has 4 unspecified atom stereocenters. The Bertz CT molecular complexity index is 2040. The number of fused-ring (bicyclic) bond motifs is 2. The average molecular weight is 1080 g/mol. The van der Waals surface area contributed by atoms with Gasteiger partial charge < -0.3 is 32.7 Å². The topological polar surface area (TPSA) is 141 Å². The number of likely N-dealkylation sites (tertiary alicyclic amines) is 1. The zero-order chi connectivity index (χ0) is 53.0. The van der Waals surface area contributed by atoms with Gasteiger partial charge >= 0.3 is 48.0 Å². The summed E-state index contributed by atoms with van der Waals surface area (Å²) >= 11 is 0. The minimum absolute atomic E-state index is 0. The molecule has 4 aromatic carbocycles. The molecule has 0 aromatic heterocycles. The van der Waals surface area contributed by atoms with E-state index < -0.39 is 0 Å². The minimum Gasteiger partial charge on any atom is -0.631 e. The van der Waals surface area contributed by atoms with E-state index in [1.807, 2.05) is 20.8 Å². The number of aldehydes is 1. The zero-order valence-electron chi connectivity index (χ0n) is 46.1. The Morgan fingerprint density at radius 2 is 1.01 bits per heavy atom. The summed E-state index contributed by atoms with van der Waals surface area (Å²) in [5.41, 5.74) is 9.04. The van der Waals surface area contributed by atoms with Crippen LogP contribution in [-0.2, 0) is 59.2 Å². The predicted octanol–water partition coefficient (Wildman–Crippen LogP) is 8.99. The van der Waals surface area contributed by atoms with Crippen molar-refractivity contribution in [1.29, 1.82) is 0 Å². The first-order valence-electron chi connectivity index (χ1n) is 26.6. The van der Waals surface area contributed by atoms with E-state index in [0.29, 0.717) is 24.5 Å². The monoisotopic (exact) mass is 1080 g/mol. The van der Waals surface area contributed by atoms with Gasteiger partial charge in [0.15, 0.2) is 0 Å². The normalized spacial score (nSPS) is 17.3. The van der Waals surface area contributed by atoms with Crippen LogP contribution in [0.2, 0.25) is 6.82 Å². The van der Waals surface area contributed by atoms with Crippen molar-refractivity contribution in [2.24, 2.45) is 0 Å². The van der Waals surface area contributed by atoms with E-state index in [4.69, 9.17) is 28.8 Å². The molecule has 0 spiro atoms. The van der Waals surface area contributed by atoms with E-state index in [0.717, 1.165) is 25.3 Å². The summed E-state index contributed by atoms with van der Waals surface area (Å²) in [5.74, 6) is 0. The van der Waals surface area contributed by atoms with Crippen LogP contribution in [0.4, 0.5) is 11.4 Å². The molecule has 4 aromatic rings. The number of nitrogens with one attached hydrogen (secondary N) is 1. The molecule has 2 fully saturated rings. The van der Waals surface area contributed by atoms with Gasteiger partial charge in [0, 0.05) is 55.1 Å². The van der Waals surface area contributed by atoms with Gasteiger partial charge in [0.05, 0.1) is 0 Å². The van der Waals surface area contributed by atoms with E-state index >= 15 is 0 Å². The number of anilines is 2. The predicted molar refractivity (Wildman–Crippen MR) is 305 cm³/mol. The molecule has 1 N–H and O–H groups in total. The largest absolute Gasteiger partial charge is 1.00 e. The van der Waals surface area contributed by atoms with Gasteiger partial charge in [-0.25, -0.2) is 0 Å². The molecule has 3 radical (unpaired) electrons. The fourth-order valence-corrected chi connectivity index (χ4v) is 10.1. The second-order valence-electron chi connectivity index (χ2n) is 17.9. The van der Waals surface area contributed by atoms with Crippen molar-refractivity contribution in [2.75, 3.05) is 42.5 Å². The third-order valence-corrected chi connectivity index (χ3v) is 13.5. The van der Waals surface area contributed by atoms with E-state index in [9.17, 15) is 4.79 Å². The minimum atomic E-state index is 0. The molecule has 0 saturated carbocycles. The number of rotatable bonds is 15. The van der Waals surface area contributed by atoms with Crippen LogP contribution in [0.1, 0.15) is 140 Å². The molecule has 15 heteroatoms. The Labute approximate surface area is 487 Å². The van der Waals surface area contributed by atoms with E-state index in [1.165, 1.54) is 147 Å². The molecule has 11 nitrogen and oxygen atoms in total. The number of carbonyl (C=O) groups is 1. The molecule has 4 atom stereocenters. The number of unbranched alkanes of at least 4 members (excludes halogenated alkanes) is 2. The van der Waals surface area contributed by atoms with Gasteiger partial charge in [-0.05, 0) is 156 Å². The molecule has 4 aliphatic rings. The maximum absolute atomic E-state index is 9.40. The first-order valence-corrected chi connectivity index (χ1v) is 26.6. The van der Waals surface area contributed by atoms with Crippen LogP contribution in [0.5, 0.6) is 0 Å².